The van der Waals surface area contributed by atoms with Gasteiger partial charge in [-0.2, -0.15) is 0 Å². The van der Waals surface area contributed by atoms with Crippen molar-refractivity contribution in [1.82, 2.24) is 9.78 Å². The molecule has 3 aromatic carbocycles. The summed E-state index contributed by atoms with van der Waals surface area (Å²) < 4.78 is 5.98. The topological polar surface area (TPSA) is 98.2 Å². The molecule has 32 heavy (non-hydrogen) atoms. The summed E-state index contributed by atoms with van der Waals surface area (Å²) in [5, 5.41) is 2.82. The van der Waals surface area contributed by atoms with Gasteiger partial charge in [0.2, 0.25) is 0 Å². The average Bonchev–Trinajstić information content (AvgIpc) is 3.19. The fourth-order valence-electron chi connectivity index (χ4n) is 4.06. The summed E-state index contributed by atoms with van der Waals surface area (Å²) >= 11 is 0. The first-order valence-corrected chi connectivity index (χ1v) is 10.1. The summed E-state index contributed by atoms with van der Waals surface area (Å²) in [6.07, 6.45) is 0.827. The molecule has 158 valence electrons. The van der Waals surface area contributed by atoms with Gasteiger partial charge in [-0.25, -0.2) is 4.68 Å². The van der Waals surface area contributed by atoms with Crippen molar-refractivity contribution in [3.05, 3.63) is 104 Å². The van der Waals surface area contributed by atoms with Gasteiger partial charge in [0, 0.05) is 5.56 Å². The predicted molar refractivity (Wildman–Crippen MR) is 119 cm³/mol. The number of Topliss-reactive ketones (excluding diaryl/α,β-unsaturated/α-hetero) is 1. The number of hydrogen-bond donors (Lipinski definition) is 1. The lowest BCUT2D eigenvalue weighted by Gasteiger charge is -2.08. The maximum Gasteiger partial charge on any atom is 0.328 e. The van der Waals surface area contributed by atoms with Crippen LogP contribution in [0.1, 0.15) is 21.5 Å². The minimum atomic E-state index is -0.794. The van der Waals surface area contributed by atoms with Crippen molar-refractivity contribution in [2.45, 2.75) is 13.0 Å². The van der Waals surface area contributed by atoms with E-state index in [2.05, 4.69) is 11.2 Å². The fourth-order valence-corrected chi connectivity index (χ4v) is 4.06. The second-order valence-electron chi connectivity index (χ2n) is 7.67. The highest BCUT2D eigenvalue weighted by Crippen LogP contribution is 2.36. The van der Waals surface area contributed by atoms with Crippen LogP contribution in [0.3, 0.4) is 0 Å². The van der Waals surface area contributed by atoms with Gasteiger partial charge in [-0.15, -0.1) is 0 Å². The lowest BCUT2D eigenvalue weighted by atomic mass is 10.0. The summed E-state index contributed by atoms with van der Waals surface area (Å²) in [4.78, 5) is 49.5. The molecule has 1 aromatic heterocycles. The molecule has 0 saturated carbocycles. The second kappa shape index (κ2) is 7.77. The SMILES string of the molecule is O=C(Cn1[nH]c(=O)c2ccccc2c1=O)OCC(=O)c1ccc2c(c1)-c1ccccc1C2. The number of carbonyl (C=O) groups excluding carboxylic acids is 2. The van der Waals surface area contributed by atoms with Crippen molar-refractivity contribution in [1.29, 1.82) is 0 Å². The number of rotatable bonds is 5. The normalized spacial score (nSPS) is 11.8. The van der Waals surface area contributed by atoms with Crippen LogP contribution < -0.4 is 11.1 Å². The van der Waals surface area contributed by atoms with Crippen molar-refractivity contribution in [3.8, 4) is 11.1 Å². The van der Waals surface area contributed by atoms with Gasteiger partial charge in [-0.05, 0) is 46.9 Å². The van der Waals surface area contributed by atoms with Gasteiger partial charge in [0.15, 0.2) is 12.4 Å². The zero-order valence-corrected chi connectivity index (χ0v) is 17.0. The maximum atomic E-state index is 12.6. The Bertz CT molecular complexity index is 1510. The third-order valence-electron chi connectivity index (χ3n) is 5.66. The minimum absolute atomic E-state index is 0.207. The zero-order chi connectivity index (χ0) is 22.2. The Morgan fingerprint density at radius 3 is 2.44 bits per heavy atom. The van der Waals surface area contributed by atoms with E-state index in [0.29, 0.717) is 5.56 Å². The van der Waals surface area contributed by atoms with Gasteiger partial charge in [0.25, 0.3) is 11.1 Å². The van der Waals surface area contributed by atoms with E-state index in [9.17, 15) is 19.2 Å². The van der Waals surface area contributed by atoms with Crippen LogP contribution in [0.4, 0.5) is 0 Å². The number of ketones is 1. The average molecular weight is 426 g/mol. The molecule has 0 radical (unpaired) electrons. The van der Waals surface area contributed by atoms with E-state index in [4.69, 9.17) is 4.74 Å². The van der Waals surface area contributed by atoms with Crippen LogP contribution in [-0.2, 0) is 22.5 Å². The van der Waals surface area contributed by atoms with Gasteiger partial charge in [-0.1, -0.05) is 48.5 Å². The molecule has 4 aromatic rings. The number of nitrogens with zero attached hydrogens (tertiary/aromatic N) is 1. The molecular formula is C25H18N2O5. The Hall–Kier alpha value is -4.26. The third kappa shape index (κ3) is 3.43. The summed E-state index contributed by atoms with van der Waals surface area (Å²) in [5.41, 5.74) is 3.94. The summed E-state index contributed by atoms with van der Waals surface area (Å²) in [6, 6.07) is 19.9. The number of esters is 1. The number of H-pyrrole nitrogens is 1. The monoisotopic (exact) mass is 426 g/mol. The molecule has 5 rings (SSSR count). The number of aromatic amines is 1. The van der Waals surface area contributed by atoms with E-state index in [1.165, 1.54) is 17.7 Å². The molecule has 0 fully saturated rings. The number of hydrogen-bond acceptors (Lipinski definition) is 5. The van der Waals surface area contributed by atoms with Crippen molar-refractivity contribution >= 4 is 22.5 Å². The number of ether oxygens (including phenoxy) is 1. The van der Waals surface area contributed by atoms with E-state index in [1.54, 1.807) is 18.2 Å². The Labute approximate surface area is 181 Å². The molecule has 1 N–H and O–H groups in total. The third-order valence-corrected chi connectivity index (χ3v) is 5.66. The number of benzene rings is 3. The number of nitrogens with one attached hydrogen (secondary N) is 1. The highest BCUT2D eigenvalue weighted by Gasteiger charge is 2.20. The van der Waals surface area contributed by atoms with Crippen molar-refractivity contribution in [2.24, 2.45) is 0 Å². The molecule has 0 spiro atoms. The highest BCUT2D eigenvalue weighted by molar-refractivity contribution is 5.99. The molecule has 7 nitrogen and oxygen atoms in total. The van der Waals surface area contributed by atoms with Crippen LogP contribution in [0.5, 0.6) is 0 Å². The lowest BCUT2D eigenvalue weighted by Crippen LogP contribution is -2.33. The summed E-state index contributed by atoms with van der Waals surface area (Å²) in [6.45, 7) is -0.949. The Morgan fingerprint density at radius 2 is 1.59 bits per heavy atom. The molecule has 1 aliphatic rings. The number of aromatic nitrogens is 2. The predicted octanol–water partition coefficient (Wildman–Crippen LogP) is 2.69. The lowest BCUT2D eigenvalue weighted by molar-refractivity contribution is -0.143. The first kappa shape index (κ1) is 19.7. The molecule has 1 aliphatic carbocycles. The van der Waals surface area contributed by atoms with Crippen LogP contribution in [-0.4, -0.2) is 28.1 Å². The molecule has 7 heteroatoms. The van der Waals surface area contributed by atoms with Gasteiger partial charge < -0.3 is 4.74 Å². The van der Waals surface area contributed by atoms with E-state index >= 15 is 0 Å². The van der Waals surface area contributed by atoms with Crippen LogP contribution in [0.2, 0.25) is 0 Å². The molecule has 0 bridgehead atoms. The van der Waals surface area contributed by atoms with Crippen molar-refractivity contribution in [2.75, 3.05) is 6.61 Å². The molecule has 0 saturated heterocycles. The summed E-state index contributed by atoms with van der Waals surface area (Å²) in [7, 11) is 0. The zero-order valence-electron chi connectivity index (χ0n) is 17.0. The quantitative estimate of drug-likeness (QED) is 0.344. The molecule has 1 heterocycles. The largest absolute Gasteiger partial charge is 0.456 e. The van der Waals surface area contributed by atoms with Crippen LogP contribution in [0.15, 0.2) is 76.3 Å². The van der Waals surface area contributed by atoms with E-state index in [-0.39, 0.29) is 16.6 Å². The summed E-state index contributed by atoms with van der Waals surface area (Å²) in [5.74, 6) is -1.14. The Kier molecular flexibility index (Phi) is 4.78. The first-order chi connectivity index (χ1) is 15.5. The Balaban J connectivity index is 1.29. The molecule has 0 aliphatic heterocycles. The van der Waals surface area contributed by atoms with Gasteiger partial charge in [0.1, 0.15) is 6.54 Å². The maximum absolute atomic E-state index is 12.6. The Morgan fingerprint density at radius 1 is 0.875 bits per heavy atom. The second-order valence-corrected chi connectivity index (χ2v) is 7.67. The van der Waals surface area contributed by atoms with E-state index in [1.807, 2.05) is 30.3 Å². The fraction of sp³-hybridized carbons (Fsp3) is 0.120. The molecule has 0 unspecified atom stereocenters. The van der Waals surface area contributed by atoms with E-state index < -0.39 is 30.2 Å². The number of fused-ring (bicyclic) bond motifs is 4. The molecular weight excluding hydrogens is 408 g/mol. The van der Waals surface area contributed by atoms with Crippen LogP contribution in [0.25, 0.3) is 21.9 Å². The van der Waals surface area contributed by atoms with Gasteiger partial charge in [-0.3, -0.25) is 24.3 Å². The molecule has 0 amide bonds. The van der Waals surface area contributed by atoms with E-state index in [0.717, 1.165) is 27.8 Å². The standard InChI is InChI=1S/C25H18N2O5/c28-22(17-10-9-16-11-15-5-1-2-6-18(15)21(16)12-17)14-32-23(29)13-27-25(31)20-8-4-3-7-19(20)24(30)26-27/h1-10,12H,11,13-14H2,(H,26,30). The van der Waals surface area contributed by atoms with Crippen LogP contribution in [0, 0.1) is 0 Å². The first-order valence-electron chi connectivity index (χ1n) is 10.1. The van der Waals surface area contributed by atoms with Crippen LogP contribution >= 0.6 is 0 Å². The van der Waals surface area contributed by atoms with Crippen molar-refractivity contribution < 1.29 is 14.3 Å². The van der Waals surface area contributed by atoms with Gasteiger partial charge >= 0.3 is 5.97 Å². The van der Waals surface area contributed by atoms with Crippen molar-refractivity contribution in [3.63, 3.8) is 0 Å². The van der Waals surface area contributed by atoms with Gasteiger partial charge in [0.05, 0.1) is 10.8 Å². The highest BCUT2D eigenvalue weighted by atomic mass is 16.5. The number of carbonyl (C=O) groups is 2. The smallest absolute Gasteiger partial charge is 0.328 e. The minimum Gasteiger partial charge on any atom is -0.456 e. The molecule has 0 atom stereocenters.